The number of hydrogen-bond acceptors (Lipinski definition) is 5. The SMILES string of the molecule is CC(C(=O)NC1CCCC1)N(Cc1c(Cl)cccc1Cl)C(=O)CN1C(=O)c2ccccc2S1(=O)=O. The van der Waals surface area contributed by atoms with Crippen LogP contribution in [0.5, 0.6) is 0 Å². The lowest BCUT2D eigenvalue weighted by Gasteiger charge is -2.31. The predicted octanol–water partition coefficient (Wildman–Crippen LogP) is 3.61. The number of carbonyl (C=O) groups is 3. The highest BCUT2D eigenvalue weighted by atomic mass is 35.5. The van der Waals surface area contributed by atoms with Crippen molar-refractivity contribution in [2.24, 2.45) is 0 Å². The number of benzene rings is 2. The molecule has 1 N–H and O–H groups in total. The molecular formula is C24H25Cl2N3O5S. The summed E-state index contributed by atoms with van der Waals surface area (Å²) in [6.07, 6.45) is 3.77. The Morgan fingerprint density at radius 2 is 1.71 bits per heavy atom. The summed E-state index contributed by atoms with van der Waals surface area (Å²) in [7, 11) is -4.19. The summed E-state index contributed by atoms with van der Waals surface area (Å²) < 4.78 is 26.5. The van der Waals surface area contributed by atoms with Gasteiger partial charge in [0.25, 0.3) is 15.9 Å². The van der Waals surface area contributed by atoms with Crippen molar-refractivity contribution in [3.8, 4) is 0 Å². The van der Waals surface area contributed by atoms with Crippen LogP contribution in [0.1, 0.15) is 48.5 Å². The van der Waals surface area contributed by atoms with Crippen molar-refractivity contribution in [3.05, 3.63) is 63.6 Å². The highest BCUT2D eigenvalue weighted by molar-refractivity contribution is 7.90. The van der Waals surface area contributed by atoms with Crippen molar-refractivity contribution < 1.29 is 22.8 Å². The van der Waals surface area contributed by atoms with E-state index in [2.05, 4.69) is 5.32 Å². The van der Waals surface area contributed by atoms with Crippen LogP contribution in [0.4, 0.5) is 0 Å². The Bertz CT molecular complexity index is 1260. The van der Waals surface area contributed by atoms with Crippen LogP contribution in [0.2, 0.25) is 10.0 Å². The summed E-state index contributed by atoms with van der Waals surface area (Å²) in [5.74, 6) is -1.88. The first-order valence-electron chi connectivity index (χ1n) is 11.3. The summed E-state index contributed by atoms with van der Waals surface area (Å²) in [5, 5.41) is 3.57. The number of hydrogen-bond donors (Lipinski definition) is 1. The third-order valence-electron chi connectivity index (χ3n) is 6.45. The molecule has 0 spiro atoms. The molecule has 1 aliphatic carbocycles. The maximum atomic E-state index is 13.5. The maximum absolute atomic E-state index is 13.5. The molecule has 0 aromatic heterocycles. The van der Waals surface area contributed by atoms with E-state index in [1.54, 1.807) is 31.2 Å². The van der Waals surface area contributed by atoms with E-state index in [0.29, 0.717) is 19.9 Å². The van der Waals surface area contributed by atoms with Crippen LogP contribution < -0.4 is 5.32 Å². The lowest BCUT2D eigenvalue weighted by Crippen LogP contribution is -2.52. The van der Waals surface area contributed by atoms with E-state index in [9.17, 15) is 22.8 Å². The molecule has 1 fully saturated rings. The first kappa shape index (κ1) is 25.5. The summed E-state index contributed by atoms with van der Waals surface area (Å²) in [6.45, 7) is 0.673. The highest BCUT2D eigenvalue weighted by Gasteiger charge is 2.43. The van der Waals surface area contributed by atoms with E-state index in [0.717, 1.165) is 25.7 Å². The lowest BCUT2D eigenvalue weighted by molar-refractivity contribution is -0.140. The molecule has 2 aromatic carbocycles. The molecule has 4 rings (SSSR count). The summed E-state index contributed by atoms with van der Waals surface area (Å²) in [4.78, 5) is 40.4. The fourth-order valence-corrected chi connectivity index (χ4v) is 6.46. The molecular weight excluding hydrogens is 513 g/mol. The molecule has 2 aromatic rings. The number of halogens is 2. The Kier molecular flexibility index (Phi) is 7.40. The van der Waals surface area contributed by atoms with Crippen LogP contribution in [-0.2, 0) is 26.2 Å². The maximum Gasteiger partial charge on any atom is 0.269 e. The van der Waals surface area contributed by atoms with Crippen LogP contribution in [0.25, 0.3) is 0 Å². The van der Waals surface area contributed by atoms with E-state index < -0.39 is 34.4 Å². The van der Waals surface area contributed by atoms with Gasteiger partial charge in [-0.05, 0) is 44.0 Å². The lowest BCUT2D eigenvalue weighted by atomic mass is 10.1. The van der Waals surface area contributed by atoms with Crippen LogP contribution in [0, 0.1) is 0 Å². The van der Waals surface area contributed by atoms with Gasteiger partial charge in [-0.15, -0.1) is 0 Å². The van der Waals surface area contributed by atoms with Crippen molar-refractivity contribution in [1.29, 1.82) is 0 Å². The molecule has 1 heterocycles. The fourth-order valence-electron chi connectivity index (χ4n) is 4.43. The van der Waals surface area contributed by atoms with Crippen molar-refractivity contribution in [2.75, 3.05) is 6.54 Å². The van der Waals surface area contributed by atoms with Gasteiger partial charge in [0.15, 0.2) is 0 Å². The second-order valence-corrected chi connectivity index (χ2v) is 11.3. The van der Waals surface area contributed by atoms with Gasteiger partial charge < -0.3 is 10.2 Å². The molecule has 1 aliphatic heterocycles. The normalized spacial score (nSPS) is 17.8. The standard InChI is InChI=1S/C24H25Cl2N3O5S/c1-15(23(31)27-16-7-2-3-8-16)28(13-18-19(25)10-6-11-20(18)26)22(30)14-29-24(32)17-9-4-5-12-21(17)35(29,33)34/h4-6,9-12,15-16H,2-3,7-8,13-14H2,1H3,(H,27,31). The van der Waals surface area contributed by atoms with E-state index in [1.807, 2.05) is 0 Å². The number of rotatable bonds is 7. The summed E-state index contributed by atoms with van der Waals surface area (Å²) in [6, 6.07) is 9.74. The monoisotopic (exact) mass is 537 g/mol. The quantitative estimate of drug-likeness (QED) is 0.580. The number of sulfonamides is 1. The van der Waals surface area contributed by atoms with Crippen molar-refractivity contribution in [3.63, 3.8) is 0 Å². The number of nitrogens with zero attached hydrogens (tertiary/aromatic N) is 2. The van der Waals surface area contributed by atoms with Gasteiger partial charge in [-0.3, -0.25) is 14.4 Å². The Labute approximate surface area is 214 Å². The number of amides is 3. The molecule has 1 unspecified atom stereocenters. The molecule has 186 valence electrons. The van der Waals surface area contributed by atoms with Crippen molar-refractivity contribution in [2.45, 2.75) is 56.1 Å². The van der Waals surface area contributed by atoms with Gasteiger partial charge in [0.05, 0.1) is 5.56 Å². The Hall–Kier alpha value is -2.62. The second-order valence-electron chi connectivity index (χ2n) is 8.70. The summed E-state index contributed by atoms with van der Waals surface area (Å²) >= 11 is 12.6. The van der Waals surface area contributed by atoms with Gasteiger partial charge in [-0.2, -0.15) is 0 Å². The van der Waals surface area contributed by atoms with Gasteiger partial charge in [-0.1, -0.05) is 54.2 Å². The molecule has 8 nitrogen and oxygen atoms in total. The number of fused-ring (bicyclic) bond motifs is 1. The minimum atomic E-state index is -4.19. The Morgan fingerprint density at radius 3 is 2.34 bits per heavy atom. The van der Waals surface area contributed by atoms with Crippen LogP contribution >= 0.6 is 23.2 Å². The van der Waals surface area contributed by atoms with Crippen molar-refractivity contribution in [1.82, 2.24) is 14.5 Å². The first-order valence-corrected chi connectivity index (χ1v) is 13.5. The van der Waals surface area contributed by atoms with Gasteiger partial charge >= 0.3 is 0 Å². The topological polar surface area (TPSA) is 104 Å². The van der Waals surface area contributed by atoms with Crippen molar-refractivity contribution >= 4 is 50.9 Å². The molecule has 1 atom stereocenters. The second kappa shape index (κ2) is 10.2. The largest absolute Gasteiger partial charge is 0.352 e. The van der Waals surface area contributed by atoms with E-state index >= 15 is 0 Å². The molecule has 11 heteroatoms. The van der Waals surface area contributed by atoms with Gasteiger partial charge in [0, 0.05) is 28.2 Å². The van der Waals surface area contributed by atoms with Gasteiger partial charge in [0.1, 0.15) is 17.5 Å². The molecule has 35 heavy (non-hydrogen) atoms. The van der Waals surface area contributed by atoms with Crippen LogP contribution in [0.3, 0.4) is 0 Å². The molecule has 1 saturated carbocycles. The van der Waals surface area contributed by atoms with E-state index in [1.165, 1.54) is 23.1 Å². The Morgan fingerprint density at radius 1 is 1.09 bits per heavy atom. The van der Waals surface area contributed by atoms with E-state index in [4.69, 9.17) is 23.2 Å². The number of nitrogens with one attached hydrogen (secondary N) is 1. The third kappa shape index (κ3) is 5.03. The molecule has 0 radical (unpaired) electrons. The Balaban J connectivity index is 1.62. The average molecular weight is 538 g/mol. The minimum absolute atomic E-state index is 0.00743. The summed E-state index contributed by atoms with van der Waals surface area (Å²) in [5.41, 5.74) is 0.427. The molecule has 2 aliphatic rings. The van der Waals surface area contributed by atoms with Crippen LogP contribution in [-0.4, -0.2) is 54.0 Å². The first-order chi connectivity index (χ1) is 16.6. The number of carbonyl (C=O) groups excluding carboxylic acids is 3. The molecule has 0 bridgehead atoms. The molecule has 0 saturated heterocycles. The van der Waals surface area contributed by atoms with E-state index in [-0.39, 0.29) is 29.0 Å². The predicted molar refractivity (Wildman–Crippen MR) is 132 cm³/mol. The fraction of sp³-hybridized carbons (Fsp3) is 0.375. The van der Waals surface area contributed by atoms with Gasteiger partial charge in [0.2, 0.25) is 11.8 Å². The minimum Gasteiger partial charge on any atom is -0.352 e. The molecule has 3 amide bonds. The van der Waals surface area contributed by atoms with Gasteiger partial charge in [-0.25, -0.2) is 12.7 Å². The zero-order valence-electron chi connectivity index (χ0n) is 19.0. The highest BCUT2D eigenvalue weighted by Crippen LogP contribution is 2.31. The smallest absolute Gasteiger partial charge is 0.269 e. The third-order valence-corrected chi connectivity index (χ3v) is 8.95. The zero-order valence-corrected chi connectivity index (χ0v) is 21.4. The van der Waals surface area contributed by atoms with Crippen LogP contribution in [0.15, 0.2) is 47.4 Å². The zero-order chi connectivity index (χ0) is 25.3. The average Bonchev–Trinajstić information content (AvgIpc) is 3.40.